The van der Waals surface area contributed by atoms with E-state index in [9.17, 15) is 0 Å². The lowest BCUT2D eigenvalue weighted by molar-refractivity contribution is 0.301. The van der Waals surface area contributed by atoms with Crippen molar-refractivity contribution in [2.75, 3.05) is 0 Å². The SMILES string of the molecule is c1ccc(CC(CCCc2ccc(OCc3ccc4ccccc4n3)cc2)c2nnn[nH]2)cc1. The van der Waals surface area contributed by atoms with Crippen LogP contribution >= 0.6 is 0 Å². The van der Waals surface area contributed by atoms with E-state index in [1.807, 2.05) is 42.5 Å². The number of aryl methyl sites for hydroxylation is 1. The Kier molecular flexibility index (Phi) is 6.85. The first-order valence-corrected chi connectivity index (χ1v) is 11.7. The highest BCUT2D eigenvalue weighted by atomic mass is 16.5. The molecule has 0 spiro atoms. The quantitative estimate of drug-likeness (QED) is 0.297. The fourth-order valence-corrected chi connectivity index (χ4v) is 4.22. The molecule has 0 fully saturated rings. The van der Waals surface area contributed by atoms with Crippen LogP contribution in [0.2, 0.25) is 0 Å². The molecule has 6 heteroatoms. The molecule has 0 saturated carbocycles. The van der Waals surface area contributed by atoms with Crippen LogP contribution in [0.15, 0.2) is 91.0 Å². The van der Waals surface area contributed by atoms with Gasteiger partial charge >= 0.3 is 0 Å². The Hall–Kier alpha value is -4.06. The van der Waals surface area contributed by atoms with Gasteiger partial charge in [-0.1, -0.05) is 66.7 Å². The van der Waals surface area contributed by atoms with Crippen molar-refractivity contribution in [3.05, 3.63) is 114 Å². The molecule has 0 aliphatic rings. The summed E-state index contributed by atoms with van der Waals surface area (Å²) < 4.78 is 5.97. The second-order valence-electron chi connectivity index (χ2n) is 8.49. The molecule has 1 N–H and O–H groups in total. The van der Waals surface area contributed by atoms with Gasteiger partial charge in [-0.3, -0.25) is 0 Å². The number of ether oxygens (including phenoxy) is 1. The Morgan fingerprint density at radius 3 is 2.44 bits per heavy atom. The van der Waals surface area contributed by atoms with Gasteiger partial charge in [-0.25, -0.2) is 10.1 Å². The van der Waals surface area contributed by atoms with Crippen LogP contribution in [0.5, 0.6) is 5.75 Å². The Morgan fingerprint density at radius 1 is 0.794 bits per heavy atom. The van der Waals surface area contributed by atoms with Crippen LogP contribution in [-0.4, -0.2) is 25.6 Å². The zero-order chi connectivity index (χ0) is 23.0. The van der Waals surface area contributed by atoms with Crippen molar-refractivity contribution in [2.45, 2.75) is 38.2 Å². The molecule has 3 aromatic carbocycles. The zero-order valence-electron chi connectivity index (χ0n) is 19.0. The van der Waals surface area contributed by atoms with Gasteiger partial charge < -0.3 is 4.74 Å². The first-order chi connectivity index (χ1) is 16.8. The first kappa shape index (κ1) is 21.8. The predicted molar refractivity (Wildman–Crippen MR) is 133 cm³/mol. The standard InChI is InChI=1S/C28H27N5O/c1-2-7-22(8-3-1)19-24(28-30-32-33-31-28)11-6-9-21-13-17-26(18-14-21)34-20-25-16-15-23-10-4-5-12-27(23)29-25/h1-5,7-8,10,12-18,24H,6,9,11,19-20H2,(H,30,31,32,33). The van der Waals surface area contributed by atoms with Crippen molar-refractivity contribution in [3.8, 4) is 5.75 Å². The van der Waals surface area contributed by atoms with Gasteiger partial charge in [0.2, 0.25) is 0 Å². The van der Waals surface area contributed by atoms with Gasteiger partial charge in [0, 0.05) is 11.3 Å². The summed E-state index contributed by atoms with van der Waals surface area (Å²) in [5.74, 6) is 1.98. The van der Waals surface area contributed by atoms with Gasteiger partial charge in [-0.2, -0.15) is 0 Å². The molecule has 0 aliphatic heterocycles. The molecule has 5 aromatic rings. The second-order valence-corrected chi connectivity index (χ2v) is 8.49. The number of H-pyrrole nitrogens is 1. The van der Waals surface area contributed by atoms with E-state index >= 15 is 0 Å². The van der Waals surface area contributed by atoms with Crippen molar-refractivity contribution >= 4 is 10.9 Å². The predicted octanol–water partition coefficient (Wildman–Crippen LogP) is 5.68. The van der Waals surface area contributed by atoms with Crippen molar-refractivity contribution in [3.63, 3.8) is 0 Å². The first-order valence-electron chi connectivity index (χ1n) is 11.7. The molecule has 1 unspecified atom stereocenters. The Labute approximate surface area is 199 Å². The van der Waals surface area contributed by atoms with E-state index < -0.39 is 0 Å². The maximum atomic E-state index is 5.97. The van der Waals surface area contributed by atoms with Gasteiger partial charge in [-0.05, 0) is 71.5 Å². The number of rotatable bonds is 10. The molecule has 170 valence electrons. The Balaban J connectivity index is 1.13. The van der Waals surface area contributed by atoms with Crippen LogP contribution in [-0.2, 0) is 19.4 Å². The van der Waals surface area contributed by atoms with Crippen LogP contribution in [0.4, 0.5) is 0 Å². The smallest absolute Gasteiger partial charge is 0.151 e. The molecule has 0 saturated heterocycles. The summed E-state index contributed by atoms with van der Waals surface area (Å²) in [6, 6.07) is 31.1. The minimum atomic E-state index is 0.273. The summed E-state index contributed by atoms with van der Waals surface area (Å²) in [5, 5.41) is 15.8. The van der Waals surface area contributed by atoms with Crippen molar-refractivity contribution in [1.82, 2.24) is 25.6 Å². The number of benzene rings is 3. The molecule has 6 nitrogen and oxygen atoms in total. The number of hydrogen-bond acceptors (Lipinski definition) is 5. The lowest BCUT2D eigenvalue weighted by atomic mass is 9.92. The number of tetrazole rings is 1. The molecule has 34 heavy (non-hydrogen) atoms. The topological polar surface area (TPSA) is 76.6 Å². The number of pyridine rings is 1. The third kappa shape index (κ3) is 5.64. The van der Waals surface area contributed by atoms with E-state index in [2.05, 4.69) is 74.1 Å². The van der Waals surface area contributed by atoms with Crippen molar-refractivity contribution in [1.29, 1.82) is 0 Å². The van der Waals surface area contributed by atoms with Crippen LogP contribution in [0.25, 0.3) is 10.9 Å². The van der Waals surface area contributed by atoms with Crippen LogP contribution in [0, 0.1) is 0 Å². The summed E-state index contributed by atoms with van der Waals surface area (Å²) in [6.07, 6.45) is 3.99. The average Bonchev–Trinajstić information content (AvgIpc) is 3.43. The minimum absolute atomic E-state index is 0.273. The second kappa shape index (κ2) is 10.7. The molecule has 5 rings (SSSR count). The summed E-state index contributed by atoms with van der Waals surface area (Å²) in [6.45, 7) is 0.455. The molecule has 2 aromatic heterocycles. The highest BCUT2D eigenvalue weighted by molar-refractivity contribution is 5.78. The van der Waals surface area contributed by atoms with Gasteiger partial charge in [0.25, 0.3) is 0 Å². The van der Waals surface area contributed by atoms with E-state index in [0.717, 1.165) is 53.9 Å². The van der Waals surface area contributed by atoms with Crippen LogP contribution < -0.4 is 4.74 Å². The zero-order valence-corrected chi connectivity index (χ0v) is 19.0. The highest BCUT2D eigenvalue weighted by Crippen LogP contribution is 2.24. The molecule has 0 aliphatic carbocycles. The Bertz CT molecular complexity index is 1300. The number of fused-ring (bicyclic) bond motifs is 1. The fraction of sp³-hybridized carbons (Fsp3) is 0.214. The normalized spacial score (nSPS) is 12.0. The third-order valence-electron chi connectivity index (χ3n) is 6.06. The molecular formula is C28H27N5O. The molecule has 0 amide bonds. The fourth-order valence-electron chi connectivity index (χ4n) is 4.22. The van der Waals surface area contributed by atoms with E-state index in [-0.39, 0.29) is 5.92 Å². The summed E-state index contributed by atoms with van der Waals surface area (Å²) in [7, 11) is 0. The summed E-state index contributed by atoms with van der Waals surface area (Å²) in [5.41, 5.74) is 4.51. The molecule has 0 radical (unpaired) electrons. The average molecular weight is 450 g/mol. The van der Waals surface area contributed by atoms with E-state index in [1.54, 1.807) is 0 Å². The number of para-hydroxylation sites is 1. The summed E-state index contributed by atoms with van der Waals surface area (Å²) in [4.78, 5) is 4.67. The third-order valence-corrected chi connectivity index (χ3v) is 6.06. The van der Waals surface area contributed by atoms with E-state index in [0.29, 0.717) is 6.61 Å². The van der Waals surface area contributed by atoms with Crippen LogP contribution in [0.3, 0.4) is 0 Å². The molecule has 2 heterocycles. The summed E-state index contributed by atoms with van der Waals surface area (Å²) >= 11 is 0. The monoisotopic (exact) mass is 449 g/mol. The highest BCUT2D eigenvalue weighted by Gasteiger charge is 2.16. The van der Waals surface area contributed by atoms with Crippen molar-refractivity contribution < 1.29 is 4.74 Å². The number of nitrogens with one attached hydrogen (secondary N) is 1. The number of aromatic amines is 1. The van der Waals surface area contributed by atoms with Gasteiger partial charge in [0.15, 0.2) is 5.82 Å². The largest absolute Gasteiger partial charge is 0.487 e. The van der Waals surface area contributed by atoms with Crippen LogP contribution in [0.1, 0.15) is 41.4 Å². The molecule has 0 bridgehead atoms. The molecular weight excluding hydrogens is 422 g/mol. The number of hydrogen-bond donors (Lipinski definition) is 1. The number of aromatic nitrogens is 5. The van der Waals surface area contributed by atoms with E-state index in [1.165, 1.54) is 11.1 Å². The van der Waals surface area contributed by atoms with E-state index in [4.69, 9.17) is 4.74 Å². The minimum Gasteiger partial charge on any atom is -0.487 e. The van der Waals surface area contributed by atoms with Gasteiger partial charge in [-0.15, -0.1) is 5.10 Å². The van der Waals surface area contributed by atoms with Gasteiger partial charge in [0.1, 0.15) is 12.4 Å². The molecule has 1 atom stereocenters. The lowest BCUT2D eigenvalue weighted by Crippen LogP contribution is -2.06. The van der Waals surface area contributed by atoms with Crippen molar-refractivity contribution in [2.24, 2.45) is 0 Å². The maximum absolute atomic E-state index is 5.97. The maximum Gasteiger partial charge on any atom is 0.151 e. The Morgan fingerprint density at radius 2 is 1.62 bits per heavy atom. The number of nitrogens with zero attached hydrogens (tertiary/aromatic N) is 4. The van der Waals surface area contributed by atoms with Gasteiger partial charge in [0.05, 0.1) is 11.2 Å². The lowest BCUT2D eigenvalue weighted by Gasteiger charge is -2.14.